The molecular formula is C32H40ClN3O8S. The number of halogens is 1. The Morgan fingerprint density at radius 2 is 1.51 bits per heavy atom. The molecular weight excluding hydrogens is 622 g/mol. The Morgan fingerprint density at radius 3 is 2.09 bits per heavy atom. The molecule has 0 aliphatic heterocycles. The van der Waals surface area contributed by atoms with Crippen LogP contribution >= 0.6 is 11.6 Å². The monoisotopic (exact) mass is 661 g/mol. The van der Waals surface area contributed by atoms with Gasteiger partial charge in [-0.25, -0.2) is 8.42 Å². The van der Waals surface area contributed by atoms with Crippen molar-refractivity contribution < 1.29 is 37.0 Å². The molecule has 0 aromatic heterocycles. The van der Waals surface area contributed by atoms with Crippen LogP contribution in [0.2, 0.25) is 5.02 Å². The first-order valence-corrected chi connectivity index (χ1v) is 15.8. The molecule has 11 nitrogen and oxygen atoms in total. The Morgan fingerprint density at radius 1 is 0.867 bits per heavy atom. The van der Waals surface area contributed by atoms with Crippen LogP contribution in [0.1, 0.15) is 33.3 Å². The summed E-state index contributed by atoms with van der Waals surface area (Å²) >= 11 is 6.22. The molecule has 3 rings (SSSR count). The number of benzene rings is 3. The molecule has 0 aliphatic rings. The van der Waals surface area contributed by atoms with E-state index in [4.69, 9.17) is 30.5 Å². The Bertz CT molecular complexity index is 1620. The van der Waals surface area contributed by atoms with Crippen LogP contribution in [0.4, 0.5) is 5.69 Å². The van der Waals surface area contributed by atoms with Gasteiger partial charge in [-0.15, -0.1) is 0 Å². The average molecular weight is 662 g/mol. The molecule has 0 heterocycles. The summed E-state index contributed by atoms with van der Waals surface area (Å²) < 4.78 is 51.2. The van der Waals surface area contributed by atoms with Crippen LogP contribution in [0, 0.1) is 0 Å². The number of hydrogen-bond acceptors (Lipinski definition) is 8. The van der Waals surface area contributed by atoms with Crippen molar-refractivity contribution in [3.8, 4) is 23.0 Å². The third-order valence-electron chi connectivity index (χ3n) is 6.78. The fourth-order valence-electron chi connectivity index (χ4n) is 4.50. The molecule has 0 unspecified atom stereocenters. The summed E-state index contributed by atoms with van der Waals surface area (Å²) in [6, 6.07) is 14.6. The van der Waals surface area contributed by atoms with E-state index in [1.54, 1.807) is 43.3 Å². The van der Waals surface area contributed by atoms with Crippen molar-refractivity contribution in [2.75, 3.05) is 39.3 Å². The molecule has 0 saturated heterocycles. The molecule has 1 atom stereocenters. The highest BCUT2D eigenvalue weighted by Crippen LogP contribution is 2.38. The van der Waals surface area contributed by atoms with E-state index in [1.807, 2.05) is 20.8 Å². The zero-order valence-corrected chi connectivity index (χ0v) is 28.3. The van der Waals surface area contributed by atoms with Crippen molar-refractivity contribution in [3.63, 3.8) is 0 Å². The van der Waals surface area contributed by atoms with Gasteiger partial charge in [-0.3, -0.25) is 13.9 Å². The predicted molar refractivity (Wildman–Crippen MR) is 173 cm³/mol. The first-order chi connectivity index (χ1) is 21.1. The first kappa shape index (κ1) is 35.3. The maximum absolute atomic E-state index is 14.4. The molecule has 0 fully saturated rings. The fraction of sp³-hybridized carbons (Fsp3) is 0.375. The molecule has 0 aliphatic carbocycles. The number of ether oxygens (including phenoxy) is 4. The van der Waals surface area contributed by atoms with Gasteiger partial charge in [-0.05, 0) is 69.7 Å². The number of sulfonamides is 1. The summed E-state index contributed by atoms with van der Waals surface area (Å²) in [6.45, 7) is 6.36. The third-order valence-corrected chi connectivity index (χ3v) is 8.77. The van der Waals surface area contributed by atoms with Crippen molar-refractivity contribution in [2.45, 2.75) is 50.7 Å². The summed E-state index contributed by atoms with van der Waals surface area (Å²) in [5.41, 5.74) is 0.126. The number of carbonyl (C=O) groups is 2. The van der Waals surface area contributed by atoms with Gasteiger partial charge in [-0.1, -0.05) is 23.7 Å². The lowest BCUT2D eigenvalue weighted by Gasteiger charge is -2.34. The van der Waals surface area contributed by atoms with Crippen LogP contribution in [-0.4, -0.2) is 71.7 Å². The average Bonchev–Trinajstić information content (AvgIpc) is 3.00. The number of anilines is 1. The molecule has 0 radical (unpaired) electrons. The minimum atomic E-state index is -4.46. The maximum atomic E-state index is 14.4. The van der Waals surface area contributed by atoms with E-state index in [2.05, 4.69) is 5.32 Å². The zero-order valence-electron chi connectivity index (χ0n) is 26.7. The van der Waals surface area contributed by atoms with E-state index < -0.39 is 40.0 Å². The van der Waals surface area contributed by atoms with Gasteiger partial charge in [0.15, 0.2) is 11.5 Å². The number of rotatable bonds is 13. The summed E-state index contributed by atoms with van der Waals surface area (Å²) in [7, 11) is 1.19. The van der Waals surface area contributed by atoms with E-state index in [0.29, 0.717) is 22.1 Å². The van der Waals surface area contributed by atoms with Gasteiger partial charge in [0.25, 0.3) is 10.0 Å². The standard InChI is InChI=1S/C32H40ClN3O8S/c1-21(31(38)34-32(2,3)4)35(19-22-10-9-11-23(33)16-22)30(37)20-36(26-17-24(41-5)12-14-27(26)42-6)45(39,40)25-13-15-28(43-7)29(18-25)44-8/h9-18,21H,19-20H2,1-8H3,(H,34,38)/t21-/m1/s1. The van der Waals surface area contributed by atoms with E-state index in [0.717, 1.165) is 4.31 Å². The third kappa shape index (κ3) is 8.73. The van der Waals surface area contributed by atoms with Gasteiger partial charge in [0.05, 0.1) is 39.0 Å². The second-order valence-corrected chi connectivity index (χ2v) is 13.4. The first-order valence-electron chi connectivity index (χ1n) is 14.0. The second kappa shape index (κ2) is 14.7. The normalized spacial score (nSPS) is 12.1. The van der Waals surface area contributed by atoms with Crippen LogP contribution in [-0.2, 0) is 26.2 Å². The Kier molecular flexibility index (Phi) is 11.6. The topological polar surface area (TPSA) is 124 Å². The minimum absolute atomic E-state index is 0.0163. The Hall–Kier alpha value is -4.16. The largest absolute Gasteiger partial charge is 0.497 e. The molecule has 0 spiro atoms. The quantitative estimate of drug-likeness (QED) is 0.274. The van der Waals surface area contributed by atoms with Gasteiger partial charge < -0.3 is 29.2 Å². The number of nitrogens with one attached hydrogen (secondary N) is 1. The summed E-state index contributed by atoms with van der Waals surface area (Å²) in [5.74, 6) is -0.0550. The maximum Gasteiger partial charge on any atom is 0.265 e. The molecule has 45 heavy (non-hydrogen) atoms. The van der Waals surface area contributed by atoms with E-state index in [9.17, 15) is 18.0 Å². The van der Waals surface area contributed by atoms with Crippen molar-refractivity contribution >= 4 is 39.1 Å². The highest BCUT2D eigenvalue weighted by atomic mass is 35.5. The molecule has 3 aromatic carbocycles. The van der Waals surface area contributed by atoms with E-state index in [1.165, 1.54) is 57.6 Å². The number of amides is 2. The van der Waals surface area contributed by atoms with Gasteiger partial charge in [-0.2, -0.15) is 0 Å². The predicted octanol–water partition coefficient (Wildman–Crippen LogP) is 4.90. The number of carbonyl (C=O) groups excluding carboxylic acids is 2. The lowest BCUT2D eigenvalue weighted by atomic mass is 10.1. The highest BCUT2D eigenvalue weighted by Gasteiger charge is 2.35. The highest BCUT2D eigenvalue weighted by molar-refractivity contribution is 7.92. The molecule has 0 bridgehead atoms. The van der Waals surface area contributed by atoms with Gasteiger partial charge in [0, 0.05) is 29.2 Å². The smallest absolute Gasteiger partial charge is 0.265 e. The number of hydrogen-bond donors (Lipinski definition) is 1. The molecule has 1 N–H and O–H groups in total. The lowest BCUT2D eigenvalue weighted by Crippen LogP contribution is -2.54. The van der Waals surface area contributed by atoms with E-state index in [-0.39, 0.29) is 28.6 Å². The lowest BCUT2D eigenvalue weighted by molar-refractivity contribution is -0.140. The SMILES string of the molecule is COc1ccc(OC)c(N(CC(=O)N(Cc2cccc(Cl)c2)[C@H](C)C(=O)NC(C)(C)C)S(=O)(=O)c2ccc(OC)c(OC)c2)c1. The number of nitrogens with zero attached hydrogens (tertiary/aromatic N) is 2. The van der Waals surface area contributed by atoms with Crippen molar-refractivity contribution in [2.24, 2.45) is 0 Å². The fourth-order valence-corrected chi connectivity index (χ4v) is 6.14. The van der Waals surface area contributed by atoms with Crippen molar-refractivity contribution in [1.29, 1.82) is 0 Å². The molecule has 0 saturated carbocycles. The van der Waals surface area contributed by atoms with E-state index >= 15 is 0 Å². The molecule has 3 aromatic rings. The molecule has 13 heteroatoms. The summed E-state index contributed by atoms with van der Waals surface area (Å²) in [6.07, 6.45) is 0. The van der Waals surface area contributed by atoms with Gasteiger partial charge in [0.2, 0.25) is 11.8 Å². The number of methoxy groups -OCH3 is 4. The van der Waals surface area contributed by atoms with Gasteiger partial charge >= 0.3 is 0 Å². The van der Waals surface area contributed by atoms with Crippen molar-refractivity contribution in [3.05, 3.63) is 71.2 Å². The molecule has 2 amide bonds. The second-order valence-electron chi connectivity index (χ2n) is 11.1. The van der Waals surface area contributed by atoms with Crippen molar-refractivity contribution in [1.82, 2.24) is 10.2 Å². The zero-order chi connectivity index (χ0) is 33.5. The van der Waals surface area contributed by atoms with Crippen LogP contribution in [0.25, 0.3) is 0 Å². The van der Waals surface area contributed by atoms with Crippen LogP contribution < -0.4 is 28.6 Å². The van der Waals surface area contributed by atoms with Crippen LogP contribution in [0.15, 0.2) is 65.6 Å². The molecule has 244 valence electrons. The minimum Gasteiger partial charge on any atom is -0.497 e. The Labute approximate surface area is 270 Å². The van der Waals surface area contributed by atoms with Crippen LogP contribution in [0.3, 0.4) is 0 Å². The van der Waals surface area contributed by atoms with Gasteiger partial charge in [0.1, 0.15) is 24.1 Å². The summed E-state index contributed by atoms with van der Waals surface area (Å²) in [4.78, 5) is 28.7. The van der Waals surface area contributed by atoms with Crippen LogP contribution in [0.5, 0.6) is 23.0 Å². The summed E-state index contributed by atoms with van der Waals surface area (Å²) in [5, 5.41) is 3.35. The Balaban J connectivity index is 2.18.